The molecule has 0 spiro atoms. The lowest BCUT2D eigenvalue weighted by atomic mass is 10.0. The normalized spacial score (nSPS) is 16.8. The summed E-state index contributed by atoms with van der Waals surface area (Å²) in [5.41, 5.74) is -0.446. The molecule has 0 unspecified atom stereocenters. The van der Waals surface area contributed by atoms with E-state index in [0.717, 1.165) is 12.1 Å². The second kappa shape index (κ2) is 11.0. The molecule has 38 heavy (non-hydrogen) atoms. The van der Waals surface area contributed by atoms with Crippen LogP contribution in [0.25, 0.3) is 10.9 Å². The number of alkyl halides is 3. The summed E-state index contributed by atoms with van der Waals surface area (Å²) < 4.78 is 70.9. The molecular formula is C26H28F4N4O4. The van der Waals surface area contributed by atoms with Crippen molar-refractivity contribution in [3.63, 3.8) is 0 Å². The molecule has 0 bridgehead atoms. The number of carbonyl (C=O) groups excluding carboxylic acids is 1. The Bertz CT molecular complexity index is 1330. The van der Waals surface area contributed by atoms with Crippen LogP contribution < -0.4 is 14.8 Å². The molecule has 0 saturated carbocycles. The van der Waals surface area contributed by atoms with Crippen LogP contribution in [0.3, 0.4) is 0 Å². The summed E-state index contributed by atoms with van der Waals surface area (Å²) in [6.07, 6.45) is -5.02. The second-order valence-corrected chi connectivity index (χ2v) is 9.05. The molecule has 1 amide bonds. The molecule has 3 aromatic rings. The standard InChI is InChI=1S/C26H28F4N4O4/c1-14(17-7-18(26(28,29)30)9-19(27)8-17)31-25-21-10-24(23(36-4)11-22(21)32-15(2)33-25)38-13-20-12-34(16(3)35)5-6-37-20/h7-11,14,20H,5-6,12-13H2,1-4H3,(H,31,32,33)/t14-,20-/m1/s1. The number of halogens is 4. The topological polar surface area (TPSA) is 85.8 Å². The molecule has 8 nitrogen and oxygen atoms in total. The Morgan fingerprint density at radius 2 is 1.97 bits per heavy atom. The number of anilines is 1. The number of ether oxygens (including phenoxy) is 3. The van der Waals surface area contributed by atoms with Gasteiger partial charge in [-0.3, -0.25) is 4.79 Å². The molecule has 0 aliphatic carbocycles. The second-order valence-electron chi connectivity index (χ2n) is 9.05. The van der Waals surface area contributed by atoms with Crippen molar-refractivity contribution in [1.82, 2.24) is 14.9 Å². The number of nitrogens with one attached hydrogen (secondary N) is 1. The number of morpholine rings is 1. The predicted octanol–water partition coefficient (Wildman–Crippen LogP) is 4.90. The van der Waals surface area contributed by atoms with Crippen LogP contribution in [0.2, 0.25) is 0 Å². The monoisotopic (exact) mass is 536 g/mol. The van der Waals surface area contributed by atoms with E-state index in [2.05, 4.69) is 15.3 Å². The maximum absolute atomic E-state index is 14.0. The van der Waals surface area contributed by atoms with Gasteiger partial charge in [-0.15, -0.1) is 0 Å². The summed E-state index contributed by atoms with van der Waals surface area (Å²) in [6.45, 7) is 6.26. The number of amides is 1. The van der Waals surface area contributed by atoms with Crippen LogP contribution in [0, 0.1) is 12.7 Å². The van der Waals surface area contributed by atoms with Gasteiger partial charge >= 0.3 is 6.18 Å². The first kappa shape index (κ1) is 27.4. The third-order valence-electron chi connectivity index (χ3n) is 6.20. The fraction of sp³-hybridized carbons (Fsp3) is 0.423. The molecule has 2 heterocycles. The number of rotatable bonds is 7. The molecule has 2 atom stereocenters. The third-order valence-corrected chi connectivity index (χ3v) is 6.20. The maximum atomic E-state index is 14.0. The van der Waals surface area contributed by atoms with Gasteiger partial charge in [0.05, 0.1) is 37.4 Å². The van der Waals surface area contributed by atoms with Crippen molar-refractivity contribution in [3.05, 3.63) is 53.1 Å². The highest BCUT2D eigenvalue weighted by atomic mass is 19.4. The molecule has 1 saturated heterocycles. The van der Waals surface area contributed by atoms with E-state index >= 15 is 0 Å². The smallest absolute Gasteiger partial charge is 0.416 e. The zero-order chi connectivity index (χ0) is 27.6. The Morgan fingerprint density at radius 3 is 2.66 bits per heavy atom. The van der Waals surface area contributed by atoms with Crippen LogP contribution in [0.5, 0.6) is 11.5 Å². The van der Waals surface area contributed by atoms with Gasteiger partial charge in [-0.05, 0) is 43.7 Å². The molecule has 4 rings (SSSR count). The van der Waals surface area contributed by atoms with Gasteiger partial charge in [0, 0.05) is 24.9 Å². The van der Waals surface area contributed by atoms with Crippen molar-refractivity contribution >= 4 is 22.6 Å². The number of nitrogens with zero attached hydrogens (tertiary/aromatic N) is 3. The van der Waals surface area contributed by atoms with Gasteiger partial charge < -0.3 is 24.4 Å². The molecule has 1 N–H and O–H groups in total. The van der Waals surface area contributed by atoms with E-state index in [0.29, 0.717) is 59.8 Å². The lowest BCUT2D eigenvalue weighted by molar-refractivity contribution is -0.138. The molecule has 1 aliphatic rings. The molecule has 1 fully saturated rings. The van der Waals surface area contributed by atoms with Crippen molar-refractivity contribution < 1.29 is 36.6 Å². The number of benzene rings is 2. The van der Waals surface area contributed by atoms with E-state index in [1.165, 1.54) is 14.0 Å². The minimum absolute atomic E-state index is 0.0420. The number of aromatic nitrogens is 2. The van der Waals surface area contributed by atoms with Crippen LogP contribution in [-0.4, -0.2) is 60.3 Å². The van der Waals surface area contributed by atoms with Gasteiger partial charge in [-0.2, -0.15) is 13.2 Å². The lowest BCUT2D eigenvalue weighted by Gasteiger charge is -2.32. The van der Waals surface area contributed by atoms with Crippen LogP contribution in [-0.2, 0) is 15.7 Å². The lowest BCUT2D eigenvalue weighted by Crippen LogP contribution is -2.46. The van der Waals surface area contributed by atoms with Crippen LogP contribution >= 0.6 is 0 Å². The summed E-state index contributed by atoms with van der Waals surface area (Å²) >= 11 is 0. The first-order valence-corrected chi connectivity index (χ1v) is 11.9. The van der Waals surface area contributed by atoms with Crippen molar-refractivity contribution in [2.75, 3.05) is 38.7 Å². The summed E-state index contributed by atoms with van der Waals surface area (Å²) in [5.74, 6) is 0.506. The first-order chi connectivity index (χ1) is 17.9. The highest BCUT2D eigenvalue weighted by Gasteiger charge is 2.32. The number of fused-ring (bicyclic) bond motifs is 1. The quantitative estimate of drug-likeness (QED) is 0.430. The summed E-state index contributed by atoms with van der Waals surface area (Å²) in [7, 11) is 1.49. The van der Waals surface area contributed by atoms with Crippen LogP contribution in [0.1, 0.15) is 36.8 Å². The van der Waals surface area contributed by atoms with Gasteiger partial charge in [0.25, 0.3) is 0 Å². The Morgan fingerprint density at radius 1 is 1.21 bits per heavy atom. The van der Waals surface area contributed by atoms with Crippen LogP contribution in [0.15, 0.2) is 30.3 Å². The molecular weight excluding hydrogens is 508 g/mol. The summed E-state index contributed by atoms with van der Waals surface area (Å²) in [5, 5.41) is 3.61. The molecule has 204 valence electrons. The van der Waals surface area contributed by atoms with Crippen molar-refractivity contribution in [2.45, 2.75) is 39.1 Å². The number of aryl methyl sites for hydroxylation is 1. The first-order valence-electron chi connectivity index (χ1n) is 11.9. The molecule has 1 aromatic heterocycles. The van der Waals surface area contributed by atoms with Crippen molar-refractivity contribution in [2.24, 2.45) is 0 Å². The molecule has 12 heteroatoms. The minimum atomic E-state index is -4.68. The third kappa shape index (κ3) is 6.24. The molecule has 0 radical (unpaired) electrons. The fourth-order valence-electron chi connectivity index (χ4n) is 4.24. The van der Waals surface area contributed by atoms with Gasteiger partial charge in [-0.1, -0.05) is 0 Å². The minimum Gasteiger partial charge on any atom is -0.493 e. The number of hydrogen-bond acceptors (Lipinski definition) is 7. The Kier molecular flexibility index (Phi) is 7.91. The Hall–Kier alpha value is -3.67. The van der Waals surface area contributed by atoms with E-state index in [1.807, 2.05) is 0 Å². The average molecular weight is 537 g/mol. The fourth-order valence-corrected chi connectivity index (χ4v) is 4.24. The highest BCUT2D eigenvalue weighted by molar-refractivity contribution is 5.92. The number of methoxy groups -OCH3 is 1. The largest absolute Gasteiger partial charge is 0.493 e. The SMILES string of the molecule is COc1cc2nc(C)nc(N[C@H](C)c3cc(F)cc(C(F)(F)F)c3)c2cc1OC[C@H]1CN(C(C)=O)CCO1. The van der Waals surface area contributed by atoms with E-state index in [1.54, 1.807) is 30.9 Å². The van der Waals surface area contributed by atoms with Crippen molar-refractivity contribution in [3.8, 4) is 11.5 Å². The molecule has 1 aliphatic heterocycles. The molecule has 2 aromatic carbocycles. The predicted molar refractivity (Wildman–Crippen MR) is 132 cm³/mol. The maximum Gasteiger partial charge on any atom is 0.416 e. The van der Waals surface area contributed by atoms with E-state index in [-0.39, 0.29) is 24.2 Å². The van der Waals surface area contributed by atoms with E-state index < -0.39 is 23.6 Å². The van der Waals surface area contributed by atoms with E-state index in [9.17, 15) is 22.4 Å². The highest BCUT2D eigenvalue weighted by Crippen LogP contribution is 2.36. The zero-order valence-corrected chi connectivity index (χ0v) is 21.4. The van der Waals surface area contributed by atoms with Crippen LogP contribution in [0.4, 0.5) is 23.4 Å². The van der Waals surface area contributed by atoms with Gasteiger partial charge in [0.1, 0.15) is 30.2 Å². The van der Waals surface area contributed by atoms with Crippen molar-refractivity contribution in [1.29, 1.82) is 0 Å². The Balaban J connectivity index is 1.62. The van der Waals surface area contributed by atoms with Gasteiger partial charge in [0.15, 0.2) is 11.5 Å². The summed E-state index contributed by atoms with van der Waals surface area (Å²) in [6, 6.07) is 5.04. The van der Waals surface area contributed by atoms with Gasteiger partial charge in [-0.25, -0.2) is 14.4 Å². The zero-order valence-electron chi connectivity index (χ0n) is 21.4. The number of carbonyl (C=O) groups is 1. The summed E-state index contributed by atoms with van der Waals surface area (Å²) in [4.78, 5) is 22.3. The number of hydrogen-bond donors (Lipinski definition) is 1. The Labute approximate surface area is 216 Å². The van der Waals surface area contributed by atoms with Gasteiger partial charge in [0.2, 0.25) is 5.91 Å². The van der Waals surface area contributed by atoms with E-state index in [4.69, 9.17) is 14.2 Å². The average Bonchev–Trinajstić information content (AvgIpc) is 2.86.